The van der Waals surface area contributed by atoms with Gasteiger partial charge in [-0.25, -0.2) is 9.18 Å². The van der Waals surface area contributed by atoms with Gasteiger partial charge in [0.15, 0.2) is 0 Å². The Hall–Kier alpha value is -2.60. The Morgan fingerprint density at radius 2 is 1.84 bits per heavy atom. The molecule has 7 heteroatoms. The van der Waals surface area contributed by atoms with Gasteiger partial charge in [0.1, 0.15) is 5.82 Å². The number of rotatable bonds is 4. The Labute approximate surface area is 149 Å². The summed E-state index contributed by atoms with van der Waals surface area (Å²) in [6.07, 6.45) is 0.346. The number of anilines is 2. The van der Waals surface area contributed by atoms with E-state index < -0.39 is 0 Å². The standard InChI is InChI=1S/C18H17ClFN3O2/c19-13-1-5-15(6-2-13)22-18(25)21-10-12-9-17(24)23(11-12)16-7-3-14(20)4-8-16/h1-8,12H,9-11H2,(H2,21,22,25)/t12-/m1/s1. The lowest BCUT2D eigenvalue weighted by Crippen LogP contribution is -2.34. The molecule has 5 nitrogen and oxygen atoms in total. The molecule has 1 aliphatic heterocycles. The summed E-state index contributed by atoms with van der Waals surface area (Å²) in [7, 11) is 0. The van der Waals surface area contributed by atoms with Crippen LogP contribution in [0.1, 0.15) is 6.42 Å². The second-order valence-corrected chi connectivity index (χ2v) is 6.33. The number of halogens is 2. The van der Waals surface area contributed by atoms with Crippen molar-refractivity contribution in [1.82, 2.24) is 5.32 Å². The van der Waals surface area contributed by atoms with Crippen LogP contribution in [-0.2, 0) is 4.79 Å². The van der Waals surface area contributed by atoms with E-state index in [4.69, 9.17) is 11.6 Å². The van der Waals surface area contributed by atoms with Crippen molar-refractivity contribution in [3.05, 3.63) is 59.4 Å². The summed E-state index contributed by atoms with van der Waals surface area (Å²) < 4.78 is 13.0. The molecule has 2 aromatic carbocycles. The van der Waals surface area contributed by atoms with E-state index in [1.807, 2.05) is 0 Å². The molecule has 0 aliphatic carbocycles. The summed E-state index contributed by atoms with van der Waals surface area (Å²) >= 11 is 5.80. The first kappa shape index (κ1) is 17.2. The SMILES string of the molecule is O=C(NC[C@H]1CC(=O)N(c2ccc(F)cc2)C1)Nc1ccc(Cl)cc1. The molecule has 25 heavy (non-hydrogen) atoms. The van der Waals surface area contributed by atoms with E-state index in [-0.39, 0.29) is 23.7 Å². The molecular formula is C18H17ClFN3O2. The van der Waals surface area contributed by atoms with Crippen LogP contribution in [0.5, 0.6) is 0 Å². The van der Waals surface area contributed by atoms with Crippen LogP contribution in [0.3, 0.4) is 0 Å². The molecule has 1 saturated heterocycles. The predicted octanol–water partition coefficient (Wildman–Crippen LogP) is 3.65. The maximum atomic E-state index is 13.0. The van der Waals surface area contributed by atoms with E-state index in [1.54, 1.807) is 41.3 Å². The van der Waals surface area contributed by atoms with E-state index in [0.29, 0.717) is 35.9 Å². The van der Waals surface area contributed by atoms with E-state index in [2.05, 4.69) is 10.6 Å². The van der Waals surface area contributed by atoms with Crippen molar-refractivity contribution in [2.45, 2.75) is 6.42 Å². The summed E-state index contributed by atoms with van der Waals surface area (Å²) in [6.45, 7) is 0.870. The van der Waals surface area contributed by atoms with Gasteiger partial charge < -0.3 is 15.5 Å². The zero-order valence-corrected chi connectivity index (χ0v) is 14.1. The minimum atomic E-state index is -0.340. The highest BCUT2D eigenvalue weighted by molar-refractivity contribution is 6.30. The highest BCUT2D eigenvalue weighted by atomic mass is 35.5. The summed E-state index contributed by atoms with van der Waals surface area (Å²) in [5.74, 6) is -0.363. The van der Waals surface area contributed by atoms with Gasteiger partial charge in [-0.05, 0) is 48.5 Å². The third kappa shape index (κ3) is 4.48. The minimum absolute atomic E-state index is 0.00789. The molecule has 0 unspecified atom stereocenters. The lowest BCUT2D eigenvalue weighted by atomic mass is 10.1. The fraction of sp³-hybridized carbons (Fsp3) is 0.222. The largest absolute Gasteiger partial charge is 0.338 e. The Bertz CT molecular complexity index is 765. The Kier molecular flexibility index (Phi) is 5.19. The topological polar surface area (TPSA) is 61.4 Å². The fourth-order valence-corrected chi connectivity index (χ4v) is 2.86. The maximum absolute atomic E-state index is 13.0. The first-order chi connectivity index (χ1) is 12.0. The molecule has 1 aliphatic rings. The van der Waals surface area contributed by atoms with E-state index >= 15 is 0 Å². The molecule has 2 N–H and O–H groups in total. The smallest absolute Gasteiger partial charge is 0.319 e. The van der Waals surface area contributed by atoms with Gasteiger partial charge in [-0.15, -0.1) is 0 Å². The number of benzene rings is 2. The van der Waals surface area contributed by atoms with Crippen LogP contribution in [0.2, 0.25) is 5.02 Å². The Morgan fingerprint density at radius 1 is 1.16 bits per heavy atom. The third-order valence-electron chi connectivity index (χ3n) is 4.00. The number of carbonyl (C=O) groups is 2. The average molecular weight is 362 g/mol. The number of hydrogen-bond donors (Lipinski definition) is 2. The molecule has 0 radical (unpaired) electrons. The van der Waals surface area contributed by atoms with Gasteiger partial charge in [0.05, 0.1) is 0 Å². The van der Waals surface area contributed by atoms with Crippen LogP contribution in [0.15, 0.2) is 48.5 Å². The predicted molar refractivity (Wildman–Crippen MR) is 95.3 cm³/mol. The zero-order chi connectivity index (χ0) is 17.8. The molecule has 3 amide bonds. The van der Waals surface area contributed by atoms with Crippen LogP contribution in [0, 0.1) is 11.7 Å². The van der Waals surface area contributed by atoms with Crippen molar-refractivity contribution in [3.63, 3.8) is 0 Å². The average Bonchev–Trinajstić information content (AvgIpc) is 2.97. The van der Waals surface area contributed by atoms with Crippen LogP contribution >= 0.6 is 11.6 Å². The van der Waals surface area contributed by atoms with Crippen molar-refractivity contribution >= 4 is 34.9 Å². The Morgan fingerprint density at radius 3 is 2.52 bits per heavy atom. The number of carbonyl (C=O) groups excluding carboxylic acids is 2. The molecule has 0 spiro atoms. The van der Waals surface area contributed by atoms with Crippen LogP contribution in [0.25, 0.3) is 0 Å². The lowest BCUT2D eigenvalue weighted by molar-refractivity contribution is -0.117. The summed E-state index contributed by atoms with van der Waals surface area (Å²) in [5, 5.41) is 6.07. The van der Waals surface area contributed by atoms with E-state index in [9.17, 15) is 14.0 Å². The van der Waals surface area contributed by atoms with Gasteiger partial charge in [0.25, 0.3) is 0 Å². The molecule has 1 heterocycles. The van der Waals surface area contributed by atoms with Crippen LogP contribution < -0.4 is 15.5 Å². The fourth-order valence-electron chi connectivity index (χ4n) is 2.73. The van der Waals surface area contributed by atoms with Gasteiger partial charge in [0.2, 0.25) is 5.91 Å². The third-order valence-corrected chi connectivity index (χ3v) is 4.25. The normalized spacial score (nSPS) is 16.8. The molecule has 3 rings (SSSR count). The van der Waals surface area contributed by atoms with Gasteiger partial charge in [-0.1, -0.05) is 11.6 Å². The van der Waals surface area contributed by atoms with Crippen molar-refractivity contribution in [3.8, 4) is 0 Å². The van der Waals surface area contributed by atoms with Gasteiger partial charge in [-0.3, -0.25) is 4.79 Å². The lowest BCUT2D eigenvalue weighted by Gasteiger charge is -2.17. The number of nitrogens with one attached hydrogen (secondary N) is 2. The second-order valence-electron chi connectivity index (χ2n) is 5.89. The second kappa shape index (κ2) is 7.53. The van der Waals surface area contributed by atoms with Gasteiger partial charge in [0, 0.05) is 41.8 Å². The number of hydrogen-bond acceptors (Lipinski definition) is 2. The van der Waals surface area contributed by atoms with Crippen molar-refractivity contribution in [1.29, 1.82) is 0 Å². The van der Waals surface area contributed by atoms with Crippen molar-refractivity contribution < 1.29 is 14.0 Å². The number of nitrogens with zero attached hydrogens (tertiary/aromatic N) is 1. The molecule has 2 aromatic rings. The number of urea groups is 1. The quantitative estimate of drug-likeness (QED) is 0.873. The molecular weight excluding hydrogens is 345 g/mol. The minimum Gasteiger partial charge on any atom is -0.338 e. The monoisotopic (exact) mass is 361 g/mol. The molecule has 1 fully saturated rings. The van der Waals surface area contributed by atoms with E-state index in [1.165, 1.54) is 12.1 Å². The van der Waals surface area contributed by atoms with E-state index in [0.717, 1.165) is 0 Å². The zero-order valence-electron chi connectivity index (χ0n) is 13.3. The molecule has 1 atom stereocenters. The molecule has 130 valence electrons. The highest BCUT2D eigenvalue weighted by Gasteiger charge is 2.30. The van der Waals surface area contributed by atoms with Crippen LogP contribution in [0.4, 0.5) is 20.6 Å². The molecule has 0 aromatic heterocycles. The highest BCUT2D eigenvalue weighted by Crippen LogP contribution is 2.24. The Balaban J connectivity index is 1.50. The van der Waals surface area contributed by atoms with Crippen LogP contribution in [-0.4, -0.2) is 25.0 Å². The first-order valence-electron chi connectivity index (χ1n) is 7.87. The first-order valence-corrected chi connectivity index (χ1v) is 8.25. The van der Waals surface area contributed by atoms with Crippen molar-refractivity contribution in [2.75, 3.05) is 23.3 Å². The van der Waals surface area contributed by atoms with Gasteiger partial charge in [-0.2, -0.15) is 0 Å². The molecule has 0 saturated carbocycles. The summed E-state index contributed by atoms with van der Waals surface area (Å²) in [5.41, 5.74) is 1.30. The maximum Gasteiger partial charge on any atom is 0.319 e. The summed E-state index contributed by atoms with van der Waals surface area (Å²) in [6, 6.07) is 12.3. The molecule has 0 bridgehead atoms. The number of amides is 3. The summed E-state index contributed by atoms with van der Waals surface area (Å²) in [4.78, 5) is 25.7. The van der Waals surface area contributed by atoms with Gasteiger partial charge >= 0.3 is 6.03 Å². The van der Waals surface area contributed by atoms with Crippen molar-refractivity contribution in [2.24, 2.45) is 5.92 Å².